The second kappa shape index (κ2) is 2.84. The van der Waals surface area contributed by atoms with Crippen molar-refractivity contribution in [2.75, 3.05) is 6.61 Å². The summed E-state index contributed by atoms with van der Waals surface area (Å²) in [6, 6.07) is 7.84. The molecule has 0 N–H and O–H groups in total. The van der Waals surface area contributed by atoms with E-state index in [-0.39, 0.29) is 0 Å². The van der Waals surface area contributed by atoms with Crippen molar-refractivity contribution in [1.29, 1.82) is 0 Å². The van der Waals surface area contributed by atoms with E-state index < -0.39 is 0 Å². The van der Waals surface area contributed by atoms with Crippen LogP contribution in [0.1, 0.15) is 18.1 Å². The molecule has 1 aliphatic heterocycles. The van der Waals surface area contributed by atoms with Crippen LogP contribution in [0.25, 0.3) is 0 Å². The van der Waals surface area contributed by atoms with Gasteiger partial charge in [0.2, 0.25) is 0 Å². The zero-order valence-corrected chi connectivity index (χ0v) is 6.84. The Morgan fingerprint density at radius 2 is 1.91 bits per heavy atom. The highest BCUT2D eigenvalue weighted by Crippen LogP contribution is 2.29. The predicted molar refractivity (Wildman–Crippen MR) is 44.8 cm³/mol. The molecule has 11 heavy (non-hydrogen) atoms. The van der Waals surface area contributed by atoms with Gasteiger partial charge in [0.15, 0.2) is 0 Å². The molecule has 0 aromatic heterocycles. The average Bonchev–Trinajstić information content (AvgIpc) is 1.90. The van der Waals surface area contributed by atoms with Gasteiger partial charge in [-0.05, 0) is 17.7 Å². The maximum Gasteiger partial charge on any atom is 0.0846 e. The number of benzene rings is 1. The molecule has 1 aromatic rings. The number of halogens is 1. The van der Waals surface area contributed by atoms with E-state index in [0.29, 0.717) is 6.10 Å². The third-order valence-electron chi connectivity index (χ3n) is 1.94. The Bertz CT molecular complexity index is 238. The minimum Gasteiger partial charge on any atom is -0.373 e. The van der Waals surface area contributed by atoms with E-state index in [1.165, 1.54) is 5.56 Å². The van der Waals surface area contributed by atoms with Crippen molar-refractivity contribution in [2.24, 2.45) is 0 Å². The maximum atomic E-state index is 5.74. The molecule has 1 fully saturated rings. The van der Waals surface area contributed by atoms with Crippen LogP contribution in [0.3, 0.4) is 0 Å². The molecule has 0 aliphatic carbocycles. The Hall–Kier alpha value is -0.530. The molecular weight excluding hydrogens is 160 g/mol. The van der Waals surface area contributed by atoms with E-state index in [1.54, 1.807) is 0 Å². The molecule has 0 saturated carbocycles. The van der Waals surface area contributed by atoms with Gasteiger partial charge in [0.1, 0.15) is 0 Å². The summed E-state index contributed by atoms with van der Waals surface area (Å²) in [5, 5.41) is 0.785. The molecule has 0 bridgehead atoms. The smallest absolute Gasteiger partial charge is 0.0846 e. The summed E-state index contributed by atoms with van der Waals surface area (Å²) in [4.78, 5) is 0. The number of rotatable bonds is 1. The summed E-state index contributed by atoms with van der Waals surface area (Å²) in [5.41, 5.74) is 1.24. The van der Waals surface area contributed by atoms with Crippen LogP contribution in [0.2, 0.25) is 5.02 Å². The molecule has 1 aromatic carbocycles. The summed E-state index contributed by atoms with van der Waals surface area (Å²) >= 11 is 5.74. The first-order valence-corrected chi connectivity index (χ1v) is 4.11. The van der Waals surface area contributed by atoms with Crippen LogP contribution < -0.4 is 0 Å². The van der Waals surface area contributed by atoms with Crippen LogP contribution >= 0.6 is 11.6 Å². The fourth-order valence-corrected chi connectivity index (χ4v) is 1.30. The lowest BCUT2D eigenvalue weighted by Crippen LogP contribution is -2.17. The molecule has 1 aliphatic rings. The Kier molecular flexibility index (Phi) is 1.84. The molecule has 0 unspecified atom stereocenters. The first kappa shape index (κ1) is 7.14. The van der Waals surface area contributed by atoms with Gasteiger partial charge in [0.05, 0.1) is 12.7 Å². The monoisotopic (exact) mass is 168 g/mol. The van der Waals surface area contributed by atoms with Crippen LogP contribution in [0.4, 0.5) is 0 Å². The van der Waals surface area contributed by atoms with Crippen LogP contribution in [0.15, 0.2) is 24.3 Å². The summed E-state index contributed by atoms with van der Waals surface area (Å²) < 4.78 is 5.31. The van der Waals surface area contributed by atoms with Crippen LogP contribution in [0.5, 0.6) is 0 Å². The van der Waals surface area contributed by atoms with Crippen molar-refractivity contribution in [2.45, 2.75) is 12.5 Å². The van der Waals surface area contributed by atoms with Crippen LogP contribution in [0, 0.1) is 0 Å². The average molecular weight is 169 g/mol. The molecule has 1 atom stereocenters. The lowest BCUT2D eigenvalue weighted by Gasteiger charge is -2.26. The first-order chi connectivity index (χ1) is 5.36. The van der Waals surface area contributed by atoms with E-state index in [0.717, 1.165) is 18.1 Å². The predicted octanol–water partition coefficient (Wildman–Crippen LogP) is 2.80. The Labute approximate surface area is 70.9 Å². The maximum absolute atomic E-state index is 5.74. The van der Waals surface area contributed by atoms with Gasteiger partial charge in [-0.15, -0.1) is 0 Å². The van der Waals surface area contributed by atoms with Crippen molar-refractivity contribution in [3.05, 3.63) is 34.9 Å². The van der Waals surface area contributed by atoms with Gasteiger partial charge in [0.25, 0.3) is 0 Å². The summed E-state index contributed by atoms with van der Waals surface area (Å²) in [6.07, 6.45) is 1.47. The third-order valence-corrected chi connectivity index (χ3v) is 2.19. The van der Waals surface area contributed by atoms with Gasteiger partial charge in [0, 0.05) is 11.4 Å². The van der Waals surface area contributed by atoms with Crippen molar-refractivity contribution in [3.63, 3.8) is 0 Å². The Balaban J connectivity index is 2.18. The Morgan fingerprint density at radius 3 is 2.36 bits per heavy atom. The number of hydrogen-bond acceptors (Lipinski definition) is 1. The van der Waals surface area contributed by atoms with Crippen molar-refractivity contribution >= 4 is 11.6 Å². The van der Waals surface area contributed by atoms with Gasteiger partial charge in [-0.1, -0.05) is 23.7 Å². The van der Waals surface area contributed by atoms with Crippen molar-refractivity contribution < 1.29 is 4.74 Å². The van der Waals surface area contributed by atoms with Gasteiger partial charge in [-0.25, -0.2) is 0 Å². The molecule has 1 saturated heterocycles. The highest BCUT2D eigenvalue weighted by atomic mass is 35.5. The van der Waals surface area contributed by atoms with Crippen molar-refractivity contribution in [1.82, 2.24) is 0 Å². The summed E-state index contributed by atoms with van der Waals surface area (Å²) in [6.45, 7) is 0.896. The highest BCUT2D eigenvalue weighted by molar-refractivity contribution is 6.30. The van der Waals surface area contributed by atoms with Gasteiger partial charge in [-0.2, -0.15) is 0 Å². The largest absolute Gasteiger partial charge is 0.373 e. The fourth-order valence-electron chi connectivity index (χ4n) is 1.18. The van der Waals surface area contributed by atoms with E-state index >= 15 is 0 Å². The minimum absolute atomic E-state index is 0.326. The zero-order chi connectivity index (χ0) is 7.68. The molecule has 0 amide bonds. The second-order valence-corrected chi connectivity index (χ2v) is 3.14. The van der Waals surface area contributed by atoms with Gasteiger partial charge >= 0.3 is 0 Å². The minimum atomic E-state index is 0.326. The molecule has 1 heterocycles. The van der Waals surface area contributed by atoms with Crippen molar-refractivity contribution in [3.8, 4) is 0 Å². The topological polar surface area (TPSA) is 9.23 Å². The van der Waals surface area contributed by atoms with Gasteiger partial charge < -0.3 is 4.74 Å². The third kappa shape index (κ3) is 1.39. The molecule has 2 heteroatoms. The quantitative estimate of drug-likeness (QED) is 0.627. The molecule has 2 rings (SSSR count). The van der Waals surface area contributed by atoms with Crippen LogP contribution in [-0.4, -0.2) is 6.61 Å². The number of hydrogen-bond donors (Lipinski definition) is 0. The first-order valence-electron chi connectivity index (χ1n) is 3.73. The summed E-state index contributed by atoms with van der Waals surface area (Å²) in [5.74, 6) is 0. The van der Waals surface area contributed by atoms with Crippen LogP contribution in [-0.2, 0) is 4.74 Å². The molecule has 0 radical (unpaired) electrons. The lowest BCUT2D eigenvalue weighted by molar-refractivity contribution is -0.0527. The lowest BCUT2D eigenvalue weighted by atomic mass is 10.0. The SMILES string of the molecule is Clc1ccc([C@H]2CCO2)cc1. The number of ether oxygens (including phenoxy) is 1. The zero-order valence-electron chi connectivity index (χ0n) is 6.09. The van der Waals surface area contributed by atoms with Gasteiger partial charge in [-0.3, -0.25) is 0 Å². The second-order valence-electron chi connectivity index (χ2n) is 2.70. The fraction of sp³-hybridized carbons (Fsp3) is 0.333. The highest BCUT2D eigenvalue weighted by Gasteiger charge is 2.19. The molecule has 0 spiro atoms. The van der Waals surface area contributed by atoms with E-state index in [9.17, 15) is 0 Å². The molecular formula is C9H9ClO. The summed E-state index contributed by atoms with van der Waals surface area (Å²) in [7, 11) is 0. The molecule has 58 valence electrons. The standard InChI is InChI=1S/C9H9ClO/c10-8-3-1-7(2-4-8)9-5-6-11-9/h1-4,9H,5-6H2/t9-/m1/s1. The van der Waals surface area contributed by atoms with E-state index in [1.807, 2.05) is 24.3 Å². The Morgan fingerprint density at radius 1 is 1.27 bits per heavy atom. The van der Waals surface area contributed by atoms with E-state index in [4.69, 9.17) is 16.3 Å². The molecule has 1 nitrogen and oxygen atoms in total. The normalized spacial score (nSPS) is 22.8. The van der Waals surface area contributed by atoms with E-state index in [2.05, 4.69) is 0 Å².